The molecule has 0 aliphatic carbocycles. The smallest absolute Gasteiger partial charge is 0.314 e. The van der Waals surface area contributed by atoms with Gasteiger partial charge in [0.15, 0.2) is 5.75 Å². The highest BCUT2D eigenvalue weighted by atomic mass is 35.5. The minimum absolute atomic E-state index is 0.0361. The first-order valence-corrected chi connectivity index (χ1v) is 7.20. The molecule has 0 radical (unpaired) electrons. The molecule has 0 spiro atoms. The molecule has 2 aromatic carbocycles. The molecule has 0 aliphatic rings. The number of carbonyl (C=O) groups excluding carboxylic acids is 2. The predicted molar refractivity (Wildman–Crippen MR) is 88.5 cm³/mol. The number of hydrogen-bond donors (Lipinski definition) is 4. The fraction of sp³-hybridized carbons (Fsp3) is 0. The van der Waals surface area contributed by atoms with E-state index in [1.165, 1.54) is 30.3 Å². The summed E-state index contributed by atoms with van der Waals surface area (Å²) in [6.07, 6.45) is 0. The molecular formula is C14H9Cl3N2O4. The van der Waals surface area contributed by atoms with Gasteiger partial charge in [0.2, 0.25) is 0 Å². The Kier molecular flexibility index (Phi) is 5.20. The molecule has 0 fully saturated rings. The number of aromatic hydroxyl groups is 2. The molecule has 4 N–H and O–H groups in total. The second kappa shape index (κ2) is 6.95. The van der Waals surface area contributed by atoms with E-state index in [9.17, 15) is 19.8 Å². The maximum atomic E-state index is 11.9. The van der Waals surface area contributed by atoms with Crippen LogP contribution in [0.3, 0.4) is 0 Å². The molecule has 0 bridgehead atoms. The van der Waals surface area contributed by atoms with Crippen LogP contribution in [0.15, 0.2) is 30.3 Å². The van der Waals surface area contributed by atoms with Crippen LogP contribution in [0.25, 0.3) is 0 Å². The zero-order valence-corrected chi connectivity index (χ0v) is 13.5. The van der Waals surface area contributed by atoms with Crippen LogP contribution in [-0.4, -0.2) is 22.0 Å². The standard InChI is InChI=1S/C14H9Cl3N2O4/c15-6-1-2-11(20)9(4-6)18-13(22)14(23)19-10-5-7(16)3-8(17)12(10)21/h1-5,20-21H,(H,18,22)(H,19,23). The molecule has 0 saturated heterocycles. The second-order valence-corrected chi connectivity index (χ2v) is 5.63. The lowest BCUT2D eigenvalue weighted by Crippen LogP contribution is -2.29. The first-order chi connectivity index (χ1) is 10.8. The van der Waals surface area contributed by atoms with Crippen molar-refractivity contribution < 1.29 is 19.8 Å². The first kappa shape index (κ1) is 17.2. The number of phenols is 2. The van der Waals surface area contributed by atoms with Crippen molar-refractivity contribution in [3.63, 3.8) is 0 Å². The van der Waals surface area contributed by atoms with E-state index in [4.69, 9.17) is 34.8 Å². The maximum Gasteiger partial charge on any atom is 0.314 e. The summed E-state index contributed by atoms with van der Waals surface area (Å²) in [5, 5.41) is 24.0. The van der Waals surface area contributed by atoms with Gasteiger partial charge in [-0.05, 0) is 30.3 Å². The zero-order valence-electron chi connectivity index (χ0n) is 11.2. The fourth-order valence-corrected chi connectivity index (χ4v) is 2.29. The van der Waals surface area contributed by atoms with E-state index in [0.29, 0.717) is 0 Å². The molecule has 6 nitrogen and oxygen atoms in total. The van der Waals surface area contributed by atoms with Crippen LogP contribution in [0.2, 0.25) is 15.1 Å². The highest BCUT2D eigenvalue weighted by Crippen LogP contribution is 2.35. The van der Waals surface area contributed by atoms with Crippen molar-refractivity contribution >= 4 is 58.0 Å². The molecule has 0 heterocycles. The normalized spacial score (nSPS) is 10.2. The molecule has 23 heavy (non-hydrogen) atoms. The SMILES string of the molecule is O=C(Nc1cc(Cl)ccc1O)C(=O)Nc1cc(Cl)cc(Cl)c1O. The number of benzene rings is 2. The molecule has 9 heteroatoms. The van der Waals surface area contributed by atoms with Crippen molar-refractivity contribution in [2.45, 2.75) is 0 Å². The quantitative estimate of drug-likeness (QED) is 0.476. The summed E-state index contributed by atoms with van der Waals surface area (Å²) in [5.41, 5.74) is -0.163. The van der Waals surface area contributed by atoms with Gasteiger partial charge in [-0.1, -0.05) is 34.8 Å². The van der Waals surface area contributed by atoms with Crippen molar-refractivity contribution in [3.05, 3.63) is 45.4 Å². The number of anilines is 2. The van der Waals surface area contributed by atoms with Crippen LogP contribution in [-0.2, 0) is 9.59 Å². The van der Waals surface area contributed by atoms with Gasteiger partial charge in [-0.3, -0.25) is 9.59 Å². The molecule has 2 amide bonds. The third-order valence-electron chi connectivity index (χ3n) is 2.69. The minimum Gasteiger partial charge on any atom is -0.506 e. The van der Waals surface area contributed by atoms with E-state index in [0.717, 1.165) is 0 Å². The summed E-state index contributed by atoms with van der Waals surface area (Å²) in [5.74, 6) is -2.87. The number of halogens is 3. The average Bonchev–Trinajstić information content (AvgIpc) is 2.47. The summed E-state index contributed by atoms with van der Waals surface area (Å²) >= 11 is 17.2. The van der Waals surface area contributed by atoms with E-state index in [1.807, 2.05) is 0 Å². The van der Waals surface area contributed by atoms with Crippen molar-refractivity contribution in [1.29, 1.82) is 0 Å². The van der Waals surface area contributed by atoms with Gasteiger partial charge in [0.25, 0.3) is 0 Å². The molecule has 0 aromatic heterocycles. The molecule has 0 saturated carbocycles. The molecule has 2 rings (SSSR count). The Labute approximate surface area is 145 Å². The van der Waals surface area contributed by atoms with Crippen LogP contribution in [0.5, 0.6) is 11.5 Å². The van der Waals surface area contributed by atoms with Gasteiger partial charge in [-0.15, -0.1) is 0 Å². The van der Waals surface area contributed by atoms with Crippen LogP contribution >= 0.6 is 34.8 Å². The number of nitrogens with one attached hydrogen (secondary N) is 2. The molecule has 0 unspecified atom stereocenters. The first-order valence-electron chi connectivity index (χ1n) is 6.07. The number of hydrogen-bond acceptors (Lipinski definition) is 4. The Morgan fingerprint density at radius 1 is 0.826 bits per heavy atom. The minimum atomic E-state index is -1.10. The van der Waals surface area contributed by atoms with Gasteiger partial charge < -0.3 is 20.8 Å². The molecule has 0 aliphatic heterocycles. The maximum absolute atomic E-state index is 11.9. The van der Waals surface area contributed by atoms with Gasteiger partial charge >= 0.3 is 11.8 Å². The lowest BCUT2D eigenvalue weighted by atomic mass is 10.2. The van der Waals surface area contributed by atoms with Crippen LogP contribution in [0.4, 0.5) is 11.4 Å². The van der Waals surface area contributed by atoms with Gasteiger partial charge in [0.1, 0.15) is 5.75 Å². The Morgan fingerprint density at radius 3 is 2.04 bits per heavy atom. The lowest BCUT2D eigenvalue weighted by molar-refractivity contribution is -0.133. The summed E-state index contributed by atoms with van der Waals surface area (Å²) in [6.45, 7) is 0. The molecule has 0 atom stereocenters. The summed E-state index contributed by atoms with van der Waals surface area (Å²) < 4.78 is 0. The average molecular weight is 376 g/mol. The summed E-state index contributed by atoms with van der Waals surface area (Å²) in [4.78, 5) is 23.7. The van der Waals surface area contributed by atoms with Crippen LogP contribution in [0.1, 0.15) is 0 Å². The monoisotopic (exact) mass is 374 g/mol. The summed E-state index contributed by atoms with van der Waals surface area (Å²) in [7, 11) is 0. The highest BCUT2D eigenvalue weighted by molar-refractivity contribution is 6.44. The largest absolute Gasteiger partial charge is 0.506 e. The van der Waals surface area contributed by atoms with Crippen LogP contribution in [0, 0.1) is 0 Å². The van der Waals surface area contributed by atoms with E-state index in [1.54, 1.807) is 0 Å². The number of phenolic OH excluding ortho intramolecular Hbond substituents is 2. The Morgan fingerprint density at radius 2 is 1.39 bits per heavy atom. The van der Waals surface area contributed by atoms with Gasteiger partial charge in [0, 0.05) is 10.0 Å². The number of amides is 2. The van der Waals surface area contributed by atoms with Crippen molar-refractivity contribution in [3.8, 4) is 11.5 Å². The summed E-state index contributed by atoms with van der Waals surface area (Å²) in [6, 6.07) is 6.45. The van der Waals surface area contributed by atoms with Crippen LogP contribution < -0.4 is 10.6 Å². The highest BCUT2D eigenvalue weighted by Gasteiger charge is 2.18. The predicted octanol–water partition coefficient (Wildman–Crippen LogP) is 3.64. The third kappa shape index (κ3) is 4.19. The molecule has 120 valence electrons. The lowest BCUT2D eigenvalue weighted by Gasteiger charge is -2.10. The van der Waals surface area contributed by atoms with Gasteiger partial charge in [-0.2, -0.15) is 0 Å². The van der Waals surface area contributed by atoms with Crippen molar-refractivity contribution in [2.75, 3.05) is 10.6 Å². The van der Waals surface area contributed by atoms with E-state index in [2.05, 4.69) is 10.6 Å². The number of carbonyl (C=O) groups is 2. The Balaban J connectivity index is 2.15. The Hall–Kier alpha value is -2.15. The zero-order chi connectivity index (χ0) is 17.1. The van der Waals surface area contributed by atoms with E-state index in [-0.39, 0.29) is 32.2 Å². The third-order valence-corrected chi connectivity index (χ3v) is 3.43. The Bertz CT molecular complexity index is 796. The second-order valence-electron chi connectivity index (χ2n) is 4.35. The molecular weight excluding hydrogens is 367 g/mol. The topological polar surface area (TPSA) is 98.7 Å². The number of rotatable bonds is 2. The van der Waals surface area contributed by atoms with Crippen molar-refractivity contribution in [2.24, 2.45) is 0 Å². The van der Waals surface area contributed by atoms with Gasteiger partial charge in [0.05, 0.1) is 16.4 Å². The van der Waals surface area contributed by atoms with Gasteiger partial charge in [-0.25, -0.2) is 0 Å². The molecule has 2 aromatic rings. The van der Waals surface area contributed by atoms with E-state index >= 15 is 0 Å². The van der Waals surface area contributed by atoms with E-state index < -0.39 is 17.6 Å². The van der Waals surface area contributed by atoms with Crippen molar-refractivity contribution in [1.82, 2.24) is 0 Å². The fourth-order valence-electron chi connectivity index (χ4n) is 1.63.